The van der Waals surface area contributed by atoms with E-state index in [0.717, 1.165) is 5.25 Å². The first-order valence-electron chi connectivity index (χ1n) is 4.14. The van der Waals surface area contributed by atoms with Crippen LogP contribution in [0.3, 0.4) is 0 Å². The van der Waals surface area contributed by atoms with E-state index in [4.69, 9.17) is 0 Å². The van der Waals surface area contributed by atoms with Crippen LogP contribution in [0.4, 0.5) is 0 Å². The van der Waals surface area contributed by atoms with Crippen molar-refractivity contribution in [2.24, 2.45) is 0 Å². The molecule has 0 aromatic carbocycles. The predicted octanol–water partition coefficient (Wildman–Crippen LogP) is 3.24. The molecule has 0 aromatic rings. The normalized spacial score (nSPS) is 25.7. The van der Waals surface area contributed by atoms with Crippen molar-refractivity contribution in [1.82, 2.24) is 0 Å². The third-order valence-corrected chi connectivity index (χ3v) is 3.43. The summed E-state index contributed by atoms with van der Waals surface area (Å²) in [7, 11) is 0. The van der Waals surface area contributed by atoms with Gasteiger partial charge in [-0.25, -0.2) is 0 Å². The molecule has 1 unspecified atom stereocenters. The zero-order valence-corrected chi connectivity index (χ0v) is 7.54. The molecule has 1 heterocycles. The van der Waals surface area contributed by atoms with E-state index >= 15 is 0 Å². The molecule has 1 heteroatoms. The molecule has 0 saturated carbocycles. The van der Waals surface area contributed by atoms with E-state index in [-0.39, 0.29) is 0 Å². The standard InChI is InChI=1S/C9H16S/c1-3-4-5-9-8(2)6-7-10-9/h9H,2-7H2,1H3. The Labute approximate surface area is 68.1 Å². The van der Waals surface area contributed by atoms with Gasteiger partial charge in [-0.15, -0.1) is 0 Å². The van der Waals surface area contributed by atoms with Crippen molar-refractivity contribution < 1.29 is 0 Å². The van der Waals surface area contributed by atoms with Gasteiger partial charge in [0.25, 0.3) is 0 Å². The average molecular weight is 156 g/mol. The van der Waals surface area contributed by atoms with Gasteiger partial charge in [0, 0.05) is 5.25 Å². The summed E-state index contributed by atoms with van der Waals surface area (Å²) in [5.74, 6) is 1.31. The van der Waals surface area contributed by atoms with Crippen molar-refractivity contribution in [1.29, 1.82) is 0 Å². The highest BCUT2D eigenvalue weighted by atomic mass is 32.2. The van der Waals surface area contributed by atoms with E-state index in [0.29, 0.717) is 0 Å². The molecule has 0 nitrogen and oxygen atoms in total. The van der Waals surface area contributed by atoms with Gasteiger partial charge in [-0.1, -0.05) is 31.9 Å². The summed E-state index contributed by atoms with van der Waals surface area (Å²) < 4.78 is 0. The highest BCUT2D eigenvalue weighted by Crippen LogP contribution is 2.33. The van der Waals surface area contributed by atoms with Crippen molar-refractivity contribution in [3.8, 4) is 0 Å². The highest BCUT2D eigenvalue weighted by molar-refractivity contribution is 8.00. The van der Waals surface area contributed by atoms with Gasteiger partial charge < -0.3 is 0 Å². The van der Waals surface area contributed by atoms with Crippen LogP contribution in [0, 0.1) is 0 Å². The first-order valence-corrected chi connectivity index (χ1v) is 5.18. The summed E-state index contributed by atoms with van der Waals surface area (Å²) in [5, 5.41) is 0.806. The molecule has 0 bridgehead atoms. The van der Waals surface area contributed by atoms with Gasteiger partial charge >= 0.3 is 0 Å². The molecule has 1 aliphatic heterocycles. The van der Waals surface area contributed by atoms with Crippen LogP contribution in [-0.4, -0.2) is 11.0 Å². The molecular formula is C9H16S. The van der Waals surface area contributed by atoms with Gasteiger partial charge in [0.15, 0.2) is 0 Å². The lowest BCUT2D eigenvalue weighted by Gasteiger charge is -2.07. The van der Waals surface area contributed by atoms with E-state index in [1.54, 1.807) is 0 Å². The van der Waals surface area contributed by atoms with Gasteiger partial charge in [0.05, 0.1) is 0 Å². The first-order chi connectivity index (χ1) is 4.84. The monoisotopic (exact) mass is 156 g/mol. The fourth-order valence-electron chi connectivity index (χ4n) is 1.29. The van der Waals surface area contributed by atoms with Gasteiger partial charge in [-0.3, -0.25) is 0 Å². The Morgan fingerprint density at radius 1 is 1.70 bits per heavy atom. The summed E-state index contributed by atoms with van der Waals surface area (Å²) in [6, 6.07) is 0. The Morgan fingerprint density at radius 3 is 3.00 bits per heavy atom. The number of unbranched alkanes of at least 4 members (excludes halogenated alkanes) is 1. The molecule has 10 heavy (non-hydrogen) atoms. The van der Waals surface area contributed by atoms with Crippen molar-refractivity contribution >= 4 is 11.8 Å². The van der Waals surface area contributed by atoms with Crippen LogP contribution >= 0.6 is 11.8 Å². The van der Waals surface area contributed by atoms with Crippen LogP contribution in [-0.2, 0) is 0 Å². The molecule has 0 N–H and O–H groups in total. The molecule has 0 spiro atoms. The summed E-state index contributed by atoms with van der Waals surface area (Å²) in [5.41, 5.74) is 1.48. The summed E-state index contributed by atoms with van der Waals surface area (Å²) >= 11 is 2.09. The molecule has 0 amide bonds. The van der Waals surface area contributed by atoms with E-state index in [1.807, 2.05) is 0 Å². The maximum absolute atomic E-state index is 4.07. The average Bonchev–Trinajstić information content (AvgIpc) is 2.31. The molecule has 0 aliphatic carbocycles. The van der Waals surface area contributed by atoms with Gasteiger partial charge in [-0.2, -0.15) is 11.8 Å². The maximum Gasteiger partial charge on any atom is 0.0254 e. The lowest BCUT2D eigenvalue weighted by atomic mass is 10.1. The van der Waals surface area contributed by atoms with Crippen LogP contribution < -0.4 is 0 Å². The molecule has 58 valence electrons. The van der Waals surface area contributed by atoms with Crippen LogP contribution in [0.1, 0.15) is 32.6 Å². The van der Waals surface area contributed by atoms with E-state index in [2.05, 4.69) is 25.3 Å². The Hall–Kier alpha value is 0.0900. The van der Waals surface area contributed by atoms with Crippen LogP contribution in [0.15, 0.2) is 12.2 Å². The molecule has 1 aliphatic rings. The largest absolute Gasteiger partial charge is 0.154 e. The number of hydrogen-bond acceptors (Lipinski definition) is 1. The Balaban J connectivity index is 2.20. The molecule has 1 rings (SSSR count). The van der Waals surface area contributed by atoms with Gasteiger partial charge in [0.2, 0.25) is 0 Å². The summed E-state index contributed by atoms with van der Waals surface area (Å²) in [6.45, 7) is 6.32. The van der Waals surface area contributed by atoms with Gasteiger partial charge in [0.1, 0.15) is 0 Å². The third kappa shape index (κ3) is 2.05. The predicted molar refractivity (Wildman–Crippen MR) is 49.5 cm³/mol. The minimum absolute atomic E-state index is 0.806. The minimum atomic E-state index is 0.806. The number of hydrogen-bond donors (Lipinski definition) is 0. The van der Waals surface area contributed by atoms with E-state index in [9.17, 15) is 0 Å². The Kier molecular flexibility index (Phi) is 3.33. The second-order valence-electron chi connectivity index (χ2n) is 2.91. The zero-order valence-electron chi connectivity index (χ0n) is 6.73. The summed E-state index contributed by atoms with van der Waals surface area (Å²) in [4.78, 5) is 0. The van der Waals surface area contributed by atoms with Crippen molar-refractivity contribution in [2.75, 3.05) is 5.75 Å². The van der Waals surface area contributed by atoms with Gasteiger partial charge in [-0.05, 0) is 18.6 Å². The first kappa shape index (κ1) is 8.19. The fraction of sp³-hybridized carbons (Fsp3) is 0.778. The molecule has 1 atom stereocenters. The second kappa shape index (κ2) is 4.07. The SMILES string of the molecule is C=C1CCSC1CCCC. The van der Waals surface area contributed by atoms with E-state index < -0.39 is 0 Å². The molecular weight excluding hydrogens is 140 g/mol. The topological polar surface area (TPSA) is 0 Å². The van der Waals surface area contributed by atoms with Crippen LogP contribution in [0.2, 0.25) is 0 Å². The summed E-state index contributed by atoms with van der Waals surface area (Å²) in [6.07, 6.45) is 5.32. The van der Waals surface area contributed by atoms with Crippen LogP contribution in [0.5, 0.6) is 0 Å². The van der Waals surface area contributed by atoms with Crippen molar-refractivity contribution in [2.45, 2.75) is 37.9 Å². The fourth-order valence-corrected chi connectivity index (χ4v) is 2.64. The number of thioether (sulfide) groups is 1. The van der Waals surface area contributed by atoms with E-state index in [1.165, 1.54) is 37.0 Å². The smallest absolute Gasteiger partial charge is 0.0254 e. The maximum atomic E-state index is 4.07. The lowest BCUT2D eigenvalue weighted by Crippen LogP contribution is -1.98. The highest BCUT2D eigenvalue weighted by Gasteiger charge is 2.18. The molecule has 1 fully saturated rings. The molecule has 1 saturated heterocycles. The van der Waals surface area contributed by atoms with Crippen molar-refractivity contribution in [3.63, 3.8) is 0 Å². The Bertz CT molecular complexity index is 118. The van der Waals surface area contributed by atoms with Crippen molar-refractivity contribution in [3.05, 3.63) is 12.2 Å². The molecule has 0 radical (unpaired) electrons. The minimum Gasteiger partial charge on any atom is -0.154 e. The van der Waals surface area contributed by atoms with Crippen LogP contribution in [0.25, 0.3) is 0 Å². The lowest BCUT2D eigenvalue weighted by molar-refractivity contribution is 0.724. The number of rotatable bonds is 3. The zero-order chi connectivity index (χ0) is 7.40. The third-order valence-electron chi connectivity index (χ3n) is 2.02. The molecule has 0 aromatic heterocycles. The second-order valence-corrected chi connectivity index (χ2v) is 4.22. The Morgan fingerprint density at radius 2 is 2.50 bits per heavy atom. The quantitative estimate of drug-likeness (QED) is 0.565.